The third kappa shape index (κ3) is 4.07. The first-order valence-corrected chi connectivity index (χ1v) is 8.23. The molecule has 0 saturated carbocycles. The van der Waals surface area contributed by atoms with E-state index in [4.69, 9.17) is 11.6 Å². The minimum Gasteiger partial charge on any atom is -0.360 e. The number of aryl methyl sites for hydroxylation is 1. The molecule has 0 aliphatic rings. The van der Waals surface area contributed by atoms with E-state index < -0.39 is 4.92 Å². The predicted octanol–water partition coefficient (Wildman–Crippen LogP) is 4.70. The second kappa shape index (κ2) is 7.79. The highest BCUT2D eigenvalue weighted by atomic mass is 35.5. The van der Waals surface area contributed by atoms with E-state index in [9.17, 15) is 10.1 Å². The average molecular weight is 370 g/mol. The molecule has 0 spiro atoms. The molecule has 0 amide bonds. The zero-order chi connectivity index (χ0) is 18.5. The Bertz CT molecular complexity index is 948. The third-order valence-electron chi connectivity index (χ3n) is 3.69. The molecule has 0 saturated heterocycles. The van der Waals surface area contributed by atoms with E-state index in [1.807, 2.05) is 49.4 Å². The second-order valence-electron chi connectivity index (χ2n) is 5.62. The molecule has 0 bridgehead atoms. The Morgan fingerprint density at radius 1 is 1.12 bits per heavy atom. The van der Waals surface area contributed by atoms with Crippen LogP contribution in [-0.2, 0) is 6.54 Å². The van der Waals surface area contributed by atoms with Gasteiger partial charge in [0.1, 0.15) is 6.33 Å². The van der Waals surface area contributed by atoms with E-state index >= 15 is 0 Å². The highest BCUT2D eigenvalue weighted by Gasteiger charge is 2.23. The van der Waals surface area contributed by atoms with Crippen LogP contribution in [0.4, 0.5) is 23.0 Å². The van der Waals surface area contributed by atoms with Crippen molar-refractivity contribution in [1.29, 1.82) is 0 Å². The number of nitro groups is 1. The van der Waals surface area contributed by atoms with Crippen molar-refractivity contribution in [2.45, 2.75) is 13.5 Å². The fraction of sp³-hybridized carbons (Fsp3) is 0.111. The number of anilines is 3. The zero-order valence-electron chi connectivity index (χ0n) is 13.9. The smallest absolute Gasteiger partial charge is 0.353 e. The molecule has 8 heteroatoms. The van der Waals surface area contributed by atoms with Crippen molar-refractivity contribution in [3.63, 3.8) is 0 Å². The van der Waals surface area contributed by atoms with Gasteiger partial charge < -0.3 is 10.6 Å². The van der Waals surface area contributed by atoms with Gasteiger partial charge in [-0.25, -0.2) is 9.97 Å². The van der Waals surface area contributed by atoms with Gasteiger partial charge in [0.25, 0.3) is 0 Å². The number of hydrogen-bond donors (Lipinski definition) is 2. The van der Waals surface area contributed by atoms with Gasteiger partial charge in [-0.2, -0.15) is 0 Å². The van der Waals surface area contributed by atoms with Gasteiger partial charge in [-0.1, -0.05) is 41.9 Å². The number of nitrogens with one attached hydrogen (secondary N) is 2. The SMILES string of the molecule is Cc1cccc(Nc2ncnc(NCc3ccccc3Cl)c2[N+](=O)[O-])c1. The Hall–Kier alpha value is -3.19. The Morgan fingerprint density at radius 3 is 2.62 bits per heavy atom. The van der Waals surface area contributed by atoms with Crippen molar-refractivity contribution >= 4 is 34.6 Å². The molecule has 1 heterocycles. The van der Waals surface area contributed by atoms with Gasteiger partial charge in [-0.05, 0) is 36.2 Å². The molecule has 7 nitrogen and oxygen atoms in total. The number of hydrogen-bond acceptors (Lipinski definition) is 6. The number of benzene rings is 2. The minimum absolute atomic E-state index is 0.122. The number of halogens is 1. The van der Waals surface area contributed by atoms with Gasteiger partial charge in [-0.3, -0.25) is 10.1 Å². The molecular weight excluding hydrogens is 354 g/mol. The van der Waals surface area contributed by atoms with E-state index in [-0.39, 0.29) is 17.3 Å². The normalized spacial score (nSPS) is 10.4. The average Bonchev–Trinajstić information content (AvgIpc) is 2.61. The van der Waals surface area contributed by atoms with Gasteiger partial charge in [0.05, 0.1) is 4.92 Å². The summed E-state index contributed by atoms with van der Waals surface area (Å²) in [5, 5.41) is 18.1. The van der Waals surface area contributed by atoms with E-state index in [0.29, 0.717) is 17.3 Å². The summed E-state index contributed by atoms with van der Waals surface area (Å²) in [5.41, 5.74) is 2.34. The van der Waals surface area contributed by atoms with Crippen LogP contribution >= 0.6 is 11.6 Å². The third-order valence-corrected chi connectivity index (χ3v) is 4.06. The fourth-order valence-electron chi connectivity index (χ4n) is 2.45. The summed E-state index contributed by atoms with van der Waals surface area (Å²) < 4.78 is 0. The van der Waals surface area contributed by atoms with Crippen molar-refractivity contribution in [2.75, 3.05) is 10.6 Å². The van der Waals surface area contributed by atoms with Crippen LogP contribution in [0.1, 0.15) is 11.1 Å². The lowest BCUT2D eigenvalue weighted by Gasteiger charge is -2.11. The van der Waals surface area contributed by atoms with E-state index in [1.165, 1.54) is 6.33 Å². The van der Waals surface area contributed by atoms with Crippen LogP contribution in [0.3, 0.4) is 0 Å². The van der Waals surface area contributed by atoms with Crippen LogP contribution in [0, 0.1) is 17.0 Å². The van der Waals surface area contributed by atoms with Gasteiger partial charge in [0, 0.05) is 17.3 Å². The maximum Gasteiger partial charge on any atom is 0.353 e. The number of nitrogens with zero attached hydrogens (tertiary/aromatic N) is 3. The number of aromatic nitrogens is 2. The van der Waals surface area contributed by atoms with Crippen LogP contribution in [0.2, 0.25) is 5.02 Å². The Morgan fingerprint density at radius 2 is 1.88 bits per heavy atom. The molecule has 0 atom stereocenters. The lowest BCUT2D eigenvalue weighted by atomic mass is 10.2. The summed E-state index contributed by atoms with van der Waals surface area (Å²) >= 11 is 6.13. The first-order chi connectivity index (χ1) is 12.5. The maximum absolute atomic E-state index is 11.6. The minimum atomic E-state index is -0.507. The highest BCUT2D eigenvalue weighted by Crippen LogP contribution is 2.31. The van der Waals surface area contributed by atoms with Crippen LogP contribution in [0.25, 0.3) is 0 Å². The predicted molar refractivity (Wildman–Crippen MR) is 102 cm³/mol. The maximum atomic E-state index is 11.6. The molecule has 0 radical (unpaired) electrons. The topological polar surface area (TPSA) is 93.0 Å². The molecule has 2 N–H and O–H groups in total. The van der Waals surface area contributed by atoms with Crippen molar-refractivity contribution in [3.05, 3.63) is 81.1 Å². The molecule has 2 aromatic carbocycles. The lowest BCUT2D eigenvalue weighted by Crippen LogP contribution is -2.08. The molecule has 0 aliphatic heterocycles. The van der Waals surface area contributed by atoms with E-state index in [0.717, 1.165) is 11.1 Å². The molecule has 0 fully saturated rings. The van der Waals surface area contributed by atoms with Crippen molar-refractivity contribution in [1.82, 2.24) is 9.97 Å². The van der Waals surface area contributed by atoms with Crippen LogP contribution in [0.15, 0.2) is 54.9 Å². The van der Waals surface area contributed by atoms with Crippen LogP contribution in [-0.4, -0.2) is 14.9 Å². The Labute approximate surface area is 155 Å². The molecule has 3 rings (SSSR count). The molecule has 0 unspecified atom stereocenters. The highest BCUT2D eigenvalue weighted by molar-refractivity contribution is 6.31. The number of rotatable bonds is 6. The van der Waals surface area contributed by atoms with Crippen molar-refractivity contribution < 1.29 is 4.92 Å². The molecule has 26 heavy (non-hydrogen) atoms. The lowest BCUT2D eigenvalue weighted by molar-refractivity contribution is -0.383. The zero-order valence-corrected chi connectivity index (χ0v) is 14.7. The first kappa shape index (κ1) is 17.6. The summed E-state index contributed by atoms with van der Waals surface area (Å²) in [5.74, 6) is 0.248. The van der Waals surface area contributed by atoms with Gasteiger partial charge in [0.2, 0.25) is 11.6 Å². The van der Waals surface area contributed by atoms with Crippen molar-refractivity contribution in [3.8, 4) is 0 Å². The van der Waals surface area contributed by atoms with E-state index in [1.54, 1.807) is 6.07 Å². The molecule has 132 valence electrons. The summed E-state index contributed by atoms with van der Waals surface area (Å²) in [4.78, 5) is 19.1. The largest absolute Gasteiger partial charge is 0.360 e. The van der Waals surface area contributed by atoms with E-state index in [2.05, 4.69) is 20.6 Å². The molecule has 1 aromatic heterocycles. The Kier molecular flexibility index (Phi) is 5.28. The fourth-order valence-corrected chi connectivity index (χ4v) is 2.66. The molecule has 3 aromatic rings. The van der Waals surface area contributed by atoms with Crippen LogP contribution in [0.5, 0.6) is 0 Å². The summed E-state index contributed by atoms with van der Waals surface area (Å²) in [6.45, 7) is 2.25. The molecular formula is C18H16ClN5O2. The van der Waals surface area contributed by atoms with Crippen LogP contribution < -0.4 is 10.6 Å². The summed E-state index contributed by atoms with van der Waals surface area (Å²) in [7, 11) is 0. The summed E-state index contributed by atoms with van der Waals surface area (Å²) in [6.07, 6.45) is 1.28. The quantitative estimate of drug-likeness (QED) is 0.483. The summed E-state index contributed by atoms with van der Waals surface area (Å²) in [6, 6.07) is 14.8. The Balaban J connectivity index is 1.88. The van der Waals surface area contributed by atoms with Crippen molar-refractivity contribution in [2.24, 2.45) is 0 Å². The van der Waals surface area contributed by atoms with Gasteiger partial charge in [0.15, 0.2) is 0 Å². The first-order valence-electron chi connectivity index (χ1n) is 7.85. The standard InChI is InChI=1S/C18H16ClN5O2/c1-12-5-4-7-14(9-12)23-18-16(24(25)26)17(21-11-22-18)20-10-13-6-2-3-8-15(13)19/h2-9,11H,10H2,1H3,(H2,20,21,22,23). The second-order valence-corrected chi connectivity index (χ2v) is 6.02. The van der Waals surface area contributed by atoms with Gasteiger partial charge in [-0.15, -0.1) is 0 Å². The van der Waals surface area contributed by atoms with Gasteiger partial charge >= 0.3 is 5.69 Å². The monoisotopic (exact) mass is 369 g/mol. The molecule has 0 aliphatic carbocycles.